The van der Waals surface area contributed by atoms with Crippen molar-refractivity contribution in [3.8, 4) is 0 Å². The fourth-order valence-electron chi connectivity index (χ4n) is 2.73. The molecular weight excluding hydrogens is 333 g/mol. The minimum Gasteiger partial charge on any atom is -0.368 e. The first-order valence-electron chi connectivity index (χ1n) is 6.77. The maximum absolute atomic E-state index is 12.7. The lowest BCUT2D eigenvalue weighted by atomic mass is 9.98. The van der Waals surface area contributed by atoms with Gasteiger partial charge in [-0.2, -0.15) is 13.2 Å². The molecule has 2 rings (SSSR count). The van der Waals surface area contributed by atoms with Crippen LogP contribution in [0.5, 0.6) is 0 Å². The van der Waals surface area contributed by atoms with Gasteiger partial charge in [0.25, 0.3) is 0 Å². The molecule has 1 aliphatic rings. The summed E-state index contributed by atoms with van der Waals surface area (Å²) in [5, 5.41) is 0. The molecule has 1 aromatic carbocycles. The average molecular weight is 351 g/mol. The summed E-state index contributed by atoms with van der Waals surface area (Å²) in [5.74, 6) is 0. The standard InChI is InChI=1S/C14H18BrF3N2/c15-12-9-10(14(16,17)18)4-5-13(12)20-8-2-1-3-11(20)6-7-19/h4-5,9,11H,1-3,6-8,19H2. The lowest BCUT2D eigenvalue weighted by Crippen LogP contribution is -2.41. The van der Waals surface area contributed by atoms with Gasteiger partial charge in [-0.3, -0.25) is 0 Å². The van der Waals surface area contributed by atoms with Gasteiger partial charge in [-0.05, 0) is 66.4 Å². The molecular formula is C14H18BrF3N2. The number of nitrogens with two attached hydrogens (primary N) is 1. The molecule has 1 unspecified atom stereocenters. The maximum atomic E-state index is 12.7. The van der Waals surface area contributed by atoms with Gasteiger partial charge in [0.15, 0.2) is 0 Å². The number of rotatable bonds is 3. The minimum atomic E-state index is -4.31. The van der Waals surface area contributed by atoms with Crippen LogP contribution in [0.1, 0.15) is 31.2 Å². The predicted molar refractivity (Wildman–Crippen MR) is 77.8 cm³/mol. The summed E-state index contributed by atoms with van der Waals surface area (Å²) >= 11 is 3.28. The molecule has 1 fully saturated rings. The van der Waals surface area contributed by atoms with E-state index in [0.29, 0.717) is 17.1 Å². The molecule has 0 radical (unpaired) electrons. The Labute approximate surface area is 125 Å². The third kappa shape index (κ3) is 3.47. The summed E-state index contributed by atoms with van der Waals surface area (Å²) < 4.78 is 38.6. The zero-order chi connectivity index (χ0) is 14.8. The topological polar surface area (TPSA) is 29.3 Å². The molecule has 2 nitrogen and oxygen atoms in total. The van der Waals surface area contributed by atoms with E-state index in [0.717, 1.165) is 50.0 Å². The second-order valence-electron chi connectivity index (χ2n) is 5.08. The first kappa shape index (κ1) is 15.6. The van der Waals surface area contributed by atoms with Crippen molar-refractivity contribution in [2.75, 3.05) is 18.0 Å². The summed E-state index contributed by atoms with van der Waals surface area (Å²) in [6, 6.07) is 4.18. The van der Waals surface area contributed by atoms with E-state index in [1.807, 2.05) is 0 Å². The van der Waals surface area contributed by atoms with Crippen molar-refractivity contribution in [3.05, 3.63) is 28.2 Å². The van der Waals surface area contributed by atoms with Crippen LogP contribution >= 0.6 is 15.9 Å². The van der Waals surface area contributed by atoms with Crippen molar-refractivity contribution in [1.82, 2.24) is 0 Å². The van der Waals surface area contributed by atoms with E-state index in [1.54, 1.807) is 6.07 Å². The molecule has 0 saturated carbocycles. The number of nitrogens with zero attached hydrogens (tertiary/aromatic N) is 1. The number of hydrogen-bond acceptors (Lipinski definition) is 2. The van der Waals surface area contributed by atoms with Crippen molar-refractivity contribution in [2.45, 2.75) is 37.9 Å². The molecule has 20 heavy (non-hydrogen) atoms. The highest BCUT2D eigenvalue weighted by atomic mass is 79.9. The molecule has 0 aliphatic carbocycles. The smallest absolute Gasteiger partial charge is 0.368 e. The van der Waals surface area contributed by atoms with Crippen LogP contribution in [0, 0.1) is 0 Å². The van der Waals surface area contributed by atoms with Crippen molar-refractivity contribution in [3.63, 3.8) is 0 Å². The summed E-state index contributed by atoms with van der Waals surface area (Å²) in [5.41, 5.74) is 5.84. The van der Waals surface area contributed by atoms with Crippen LogP contribution < -0.4 is 10.6 Å². The van der Waals surface area contributed by atoms with Crippen molar-refractivity contribution in [2.24, 2.45) is 5.73 Å². The van der Waals surface area contributed by atoms with Gasteiger partial charge in [-0.1, -0.05) is 0 Å². The Balaban J connectivity index is 2.27. The van der Waals surface area contributed by atoms with E-state index in [2.05, 4.69) is 20.8 Å². The number of anilines is 1. The van der Waals surface area contributed by atoms with E-state index >= 15 is 0 Å². The molecule has 0 bridgehead atoms. The fourth-order valence-corrected chi connectivity index (χ4v) is 3.33. The van der Waals surface area contributed by atoms with Crippen molar-refractivity contribution < 1.29 is 13.2 Å². The van der Waals surface area contributed by atoms with Crippen LogP contribution in [-0.2, 0) is 6.18 Å². The number of hydrogen-bond donors (Lipinski definition) is 1. The van der Waals surface area contributed by atoms with E-state index in [1.165, 1.54) is 0 Å². The molecule has 1 saturated heterocycles. The van der Waals surface area contributed by atoms with E-state index in [4.69, 9.17) is 5.73 Å². The third-order valence-corrected chi connectivity index (χ3v) is 4.35. The van der Waals surface area contributed by atoms with Gasteiger partial charge in [0, 0.05) is 17.1 Å². The Kier molecular flexibility index (Phi) is 4.96. The van der Waals surface area contributed by atoms with Gasteiger partial charge in [0.2, 0.25) is 0 Å². The van der Waals surface area contributed by atoms with E-state index < -0.39 is 11.7 Å². The van der Waals surface area contributed by atoms with Gasteiger partial charge in [-0.25, -0.2) is 0 Å². The Morgan fingerprint density at radius 1 is 1.30 bits per heavy atom. The molecule has 1 atom stereocenters. The number of halogens is 4. The van der Waals surface area contributed by atoms with E-state index in [9.17, 15) is 13.2 Å². The fraction of sp³-hybridized carbons (Fsp3) is 0.571. The van der Waals surface area contributed by atoms with Crippen molar-refractivity contribution >= 4 is 21.6 Å². The number of alkyl halides is 3. The van der Waals surface area contributed by atoms with Gasteiger partial charge in [-0.15, -0.1) is 0 Å². The quantitative estimate of drug-likeness (QED) is 0.886. The second-order valence-corrected chi connectivity index (χ2v) is 5.94. The first-order chi connectivity index (χ1) is 9.43. The monoisotopic (exact) mass is 350 g/mol. The van der Waals surface area contributed by atoms with Crippen LogP contribution in [-0.4, -0.2) is 19.1 Å². The zero-order valence-corrected chi connectivity index (χ0v) is 12.7. The van der Waals surface area contributed by atoms with Gasteiger partial charge < -0.3 is 10.6 Å². The number of benzene rings is 1. The van der Waals surface area contributed by atoms with Gasteiger partial charge in [0.05, 0.1) is 11.3 Å². The Hall–Kier alpha value is -0.750. The summed E-state index contributed by atoms with van der Waals surface area (Å²) in [7, 11) is 0. The molecule has 6 heteroatoms. The van der Waals surface area contributed by atoms with Crippen LogP contribution in [0.3, 0.4) is 0 Å². The lowest BCUT2D eigenvalue weighted by molar-refractivity contribution is -0.137. The number of piperidine rings is 1. The molecule has 1 heterocycles. The van der Waals surface area contributed by atoms with Gasteiger partial charge >= 0.3 is 6.18 Å². The van der Waals surface area contributed by atoms with Crippen LogP contribution in [0.2, 0.25) is 0 Å². The SMILES string of the molecule is NCCC1CCCCN1c1ccc(C(F)(F)F)cc1Br. The largest absolute Gasteiger partial charge is 0.416 e. The molecule has 2 N–H and O–H groups in total. The van der Waals surface area contributed by atoms with Crippen LogP contribution in [0.25, 0.3) is 0 Å². The Morgan fingerprint density at radius 3 is 2.65 bits per heavy atom. The zero-order valence-electron chi connectivity index (χ0n) is 11.1. The minimum absolute atomic E-state index is 0.321. The Bertz CT molecular complexity index is 460. The van der Waals surface area contributed by atoms with E-state index in [-0.39, 0.29) is 0 Å². The average Bonchev–Trinajstić information content (AvgIpc) is 2.39. The molecule has 0 amide bonds. The maximum Gasteiger partial charge on any atom is 0.416 e. The van der Waals surface area contributed by atoms with Crippen LogP contribution in [0.15, 0.2) is 22.7 Å². The highest BCUT2D eigenvalue weighted by Crippen LogP contribution is 2.37. The Morgan fingerprint density at radius 2 is 2.05 bits per heavy atom. The molecule has 0 aromatic heterocycles. The summed E-state index contributed by atoms with van der Waals surface area (Å²) in [4.78, 5) is 2.18. The highest BCUT2D eigenvalue weighted by molar-refractivity contribution is 9.10. The molecule has 112 valence electrons. The summed E-state index contributed by atoms with van der Waals surface area (Å²) in [6.45, 7) is 1.47. The molecule has 1 aliphatic heterocycles. The molecule has 1 aromatic rings. The van der Waals surface area contributed by atoms with Crippen molar-refractivity contribution in [1.29, 1.82) is 0 Å². The lowest BCUT2D eigenvalue weighted by Gasteiger charge is -2.38. The highest BCUT2D eigenvalue weighted by Gasteiger charge is 2.32. The third-order valence-electron chi connectivity index (χ3n) is 3.71. The first-order valence-corrected chi connectivity index (χ1v) is 7.56. The second kappa shape index (κ2) is 6.35. The summed E-state index contributed by atoms with van der Waals surface area (Å²) in [6.07, 6.45) is -0.175. The predicted octanol–water partition coefficient (Wildman–Crippen LogP) is 4.18. The normalized spacial score (nSPS) is 20.2. The van der Waals surface area contributed by atoms with Crippen LogP contribution in [0.4, 0.5) is 18.9 Å². The molecule has 0 spiro atoms. The van der Waals surface area contributed by atoms with Gasteiger partial charge in [0.1, 0.15) is 0 Å².